The highest BCUT2D eigenvalue weighted by molar-refractivity contribution is 7.89. The Balaban J connectivity index is 1.89. The van der Waals surface area contributed by atoms with E-state index in [4.69, 9.17) is 4.74 Å². The van der Waals surface area contributed by atoms with Crippen LogP contribution in [0.25, 0.3) is 0 Å². The van der Waals surface area contributed by atoms with Crippen molar-refractivity contribution in [3.05, 3.63) is 29.8 Å². The minimum Gasteiger partial charge on any atom is -0.452 e. The summed E-state index contributed by atoms with van der Waals surface area (Å²) in [7, 11) is -3.72. The number of sulfonamides is 1. The number of hydrogen-bond donors (Lipinski definition) is 3. The number of ether oxygens (including phenoxy) is 1. The monoisotopic (exact) mass is 383 g/mol. The number of carbonyl (C=O) groups is 3. The third-order valence-electron chi connectivity index (χ3n) is 3.42. The van der Waals surface area contributed by atoms with Crippen molar-refractivity contribution in [2.75, 3.05) is 13.2 Å². The Morgan fingerprint density at radius 3 is 2.62 bits per heavy atom. The fraction of sp³-hybridized carbons (Fsp3) is 0.438. The van der Waals surface area contributed by atoms with E-state index in [1.54, 1.807) is 0 Å². The summed E-state index contributed by atoms with van der Waals surface area (Å²) in [5.41, 5.74) is -0.0143. The SMILES string of the molecule is CCCNS(=O)(=O)c1cccc(C(=O)OCC(=O)NC(=O)NC2CC2)c1. The van der Waals surface area contributed by atoms with Crippen LogP contribution >= 0.6 is 0 Å². The Bertz CT molecular complexity index is 789. The molecule has 3 amide bonds. The second-order valence-corrected chi connectivity index (χ2v) is 7.56. The smallest absolute Gasteiger partial charge is 0.338 e. The molecule has 10 heteroatoms. The van der Waals surface area contributed by atoms with E-state index in [0.717, 1.165) is 18.9 Å². The van der Waals surface area contributed by atoms with Crippen LogP contribution in [0.15, 0.2) is 29.2 Å². The van der Waals surface area contributed by atoms with Crippen LogP contribution in [0.5, 0.6) is 0 Å². The van der Waals surface area contributed by atoms with Crippen molar-refractivity contribution in [2.45, 2.75) is 37.1 Å². The van der Waals surface area contributed by atoms with E-state index in [1.165, 1.54) is 18.2 Å². The van der Waals surface area contributed by atoms with E-state index < -0.39 is 34.5 Å². The molecular weight excluding hydrogens is 362 g/mol. The minimum absolute atomic E-state index is 0.0143. The average Bonchev–Trinajstić information content (AvgIpc) is 3.41. The molecule has 0 radical (unpaired) electrons. The molecule has 1 aromatic rings. The van der Waals surface area contributed by atoms with Crippen molar-refractivity contribution in [3.63, 3.8) is 0 Å². The van der Waals surface area contributed by atoms with Crippen LogP contribution in [-0.2, 0) is 19.6 Å². The largest absolute Gasteiger partial charge is 0.452 e. The molecule has 0 aromatic heterocycles. The highest BCUT2D eigenvalue weighted by atomic mass is 32.2. The molecule has 1 saturated carbocycles. The van der Waals surface area contributed by atoms with E-state index in [2.05, 4.69) is 10.0 Å². The third-order valence-corrected chi connectivity index (χ3v) is 4.88. The van der Waals surface area contributed by atoms with Crippen molar-refractivity contribution in [1.29, 1.82) is 0 Å². The van der Waals surface area contributed by atoms with Crippen LogP contribution in [-0.4, -0.2) is 45.5 Å². The second-order valence-electron chi connectivity index (χ2n) is 5.80. The molecule has 9 nitrogen and oxygen atoms in total. The summed E-state index contributed by atoms with van der Waals surface area (Å²) in [6.07, 6.45) is 2.39. The zero-order chi connectivity index (χ0) is 19.2. The number of esters is 1. The lowest BCUT2D eigenvalue weighted by Crippen LogP contribution is -2.42. The number of rotatable bonds is 8. The molecule has 1 aliphatic rings. The van der Waals surface area contributed by atoms with Crippen LogP contribution < -0.4 is 15.4 Å². The van der Waals surface area contributed by atoms with Crippen molar-refractivity contribution >= 4 is 27.9 Å². The number of urea groups is 1. The fourth-order valence-electron chi connectivity index (χ4n) is 1.94. The van der Waals surface area contributed by atoms with Gasteiger partial charge < -0.3 is 10.1 Å². The van der Waals surface area contributed by atoms with Crippen molar-refractivity contribution < 1.29 is 27.5 Å². The van der Waals surface area contributed by atoms with Crippen molar-refractivity contribution in [2.24, 2.45) is 0 Å². The molecule has 0 saturated heterocycles. The van der Waals surface area contributed by atoms with E-state index >= 15 is 0 Å². The van der Waals surface area contributed by atoms with Crippen molar-refractivity contribution in [3.8, 4) is 0 Å². The Morgan fingerprint density at radius 1 is 1.23 bits per heavy atom. The molecule has 0 heterocycles. The van der Waals surface area contributed by atoms with Gasteiger partial charge in [-0.15, -0.1) is 0 Å². The van der Waals surface area contributed by atoms with Crippen molar-refractivity contribution in [1.82, 2.24) is 15.4 Å². The van der Waals surface area contributed by atoms with Crippen LogP contribution in [0, 0.1) is 0 Å². The first-order valence-electron chi connectivity index (χ1n) is 8.19. The van der Waals surface area contributed by atoms with Crippen LogP contribution in [0.3, 0.4) is 0 Å². The van der Waals surface area contributed by atoms with Gasteiger partial charge in [-0.05, 0) is 37.5 Å². The predicted molar refractivity (Wildman–Crippen MR) is 91.9 cm³/mol. The van der Waals surface area contributed by atoms with Gasteiger partial charge in [0.25, 0.3) is 5.91 Å². The average molecular weight is 383 g/mol. The van der Waals surface area contributed by atoms with Gasteiger partial charge in [-0.25, -0.2) is 22.7 Å². The molecule has 0 bridgehead atoms. The predicted octanol–water partition coefficient (Wildman–Crippen LogP) is 0.520. The Hall–Kier alpha value is -2.46. The van der Waals surface area contributed by atoms with E-state index in [9.17, 15) is 22.8 Å². The van der Waals surface area contributed by atoms with E-state index in [0.29, 0.717) is 6.42 Å². The Morgan fingerprint density at radius 2 is 1.96 bits per heavy atom. The first-order chi connectivity index (χ1) is 12.3. The molecule has 3 N–H and O–H groups in total. The molecule has 0 spiro atoms. The number of nitrogens with one attached hydrogen (secondary N) is 3. The first-order valence-corrected chi connectivity index (χ1v) is 9.67. The lowest BCUT2D eigenvalue weighted by atomic mass is 10.2. The van der Waals surface area contributed by atoms with Crippen LogP contribution in [0.2, 0.25) is 0 Å². The zero-order valence-corrected chi connectivity index (χ0v) is 15.1. The third kappa shape index (κ3) is 6.12. The van der Waals surface area contributed by atoms with Crippen LogP contribution in [0.1, 0.15) is 36.5 Å². The molecule has 0 unspecified atom stereocenters. The Labute approximate surface area is 151 Å². The molecule has 1 aromatic carbocycles. The standard InChI is InChI=1S/C16H21N3O6S/c1-2-8-17-26(23,24)13-5-3-4-11(9-13)15(21)25-10-14(20)19-16(22)18-12-6-7-12/h3-5,9,12,17H,2,6-8,10H2,1H3,(H2,18,19,20,22). The molecule has 1 fully saturated rings. The number of benzene rings is 1. The highest BCUT2D eigenvalue weighted by Crippen LogP contribution is 2.18. The summed E-state index contributed by atoms with van der Waals surface area (Å²) < 4.78 is 31.4. The van der Waals surface area contributed by atoms with Gasteiger partial charge in [-0.1, -0.05) is 13.0 Å². The number of hydrogen-bond acceptors (Lipinski definition) is 6. The maximum Gasteiger partial charge on any atom is 0.338 e. The zero-order valence-electron chi connectivity index (χ0n) is 14.3. The van der Waals surface area contributed by atoms with E-state index in [-0.39, 0.29) is 23.0 Å². The van der Waals surface area contributed by atoms with Gasteiger partial charge in [0.2, 0.25) is 10.0 Å². The summed E-state index contributed by atoms with van der Waals surface area (Å²) in [5.74, 6) is -1.64. The maximum atomic E-state index is 12.1. The molecule has 0 atom stereocenters. The number of amides is 3. The van der Waals surface area contributed by atoms with E-state index in [1.807, 2.05) is 12.2 Å². The first kappa shape index (κ1) is 19.9. The number of imide groups is 1. The molecule has 2 rings (SSSR count). The summed E-state index contributed by atoms with van der Waals surface area (Å²) in [4.78, 5) is 34.9. The highest BCUT2D eigenvalue weighted by Gasteiger charge is 2.24. The van der Waals surface area contributed by atoms with Gasteiger partial charge in [0.1, 0.15) is 0 Å². The van der Waals surface area contributed by atoms with Gasteiger partial charge in [-0.3, -0.25) is 10.1 Å². The molecule has 0 aliphatic heterocycles. The van der Waals surface area contributed by atoms with Gasteiger partial charge in [0.05, 0.1) is 10.5 Å². The lowest BCUT2D eigenvalue weighted by Gasteiger charge is -2.08. The molecular formula is C16H21N3O6S. The second kappa shape index (κ2) is 8.77. The quantitative estimate of drug-likeness (QED) is 0.561. The summed E-state index contributed by atoms with van der Waals surface area (Å²) in [5, 5.41) is 4.60. The molecule has 142 valence electrons. The van der Waals surface area contributed by atoms with Gasteiger partial charge >= 0.3 is 12.0 Å². The van der Waals surface area contributed by atoms with Gasteiger partial charge in [0.15, 0.2) is 6.61 Å². The molecule has 1 aliphatic carbocycles. The summed E-state index contributed by atoms with van der Waals surface area (Å²) >= 11 is 0. The van der Waals surface area contributed by atoms with Gasteiger partial charge in [-0.2, -0.15) is 0 Å². The van der Waals surface area contributed by atoms with Crippen LogP contribution in [0.4, 0.5) is 4.79 Å². The Kier molecular flexibility index (Phi) is 6.70. The molecule has 26 heavy (non-hydrogen) atoms. The normalized spacial score (nSPS) is 13.7. The summed E-state index contributed by atoms with van der Waals surface area (Å²) in [6, 6.07) is 4.75. The topological polar surface area (TPSA) is 131 Å². The number of carbonyl (C=O) groups excluding carboxylic acids is 3. The lowest BCUT2D eigenvalue weighted by molar-refractivity contribution is -0.123. The summed E-state index contributed by atoms with van der Waals surface area (Å²) in [6.45, 7) is 1.45. The minimum atomic E-state index is -3.72. The van der Waals surface area contributed by atoms with Gasteiger partial charge in [0, 0.05) is 12.6 Å². The fourth-order valence-corrected chi connectivity index (χ4v) is 3.12. The maximum absolute atomic E-state index is 12.1.